The molecule has 11 heteroatoms. The summed E-state index contributed by atoms with van der Waals surface area (Å²) in [6.45, 7) is 3.32. The molecule has 0 aromatic heterocycles. The highest BCUT2D eigenvalue weighted by molar-refractivity contribution is 5.86. The minimum absolute atomic E-state index is 0.162. The van der Waals surface area contributed by atoms with Crippen LogP contribution in [0.4, 0.5) is 30.7 Å². The number of carbonyl (C=O) groups excluding carboxylic acids is 2. The normalized spacial score (nSPS) is 17.7. The Bertz CT molecular complexity index is 581. The molecule has 162 valence electrons. The predicted octanol–water partition coefficient (Wildman–Crippen LogP) is 4.82. The third-order valence-corrected chi connectivity index (χ3v) is 4.27. The zero-order valence-corrected chi connectivity index (χ0v) is 15.1. The third-order valence-electron chi connectivity index (χ3n) is 4.27. The Morgan fingerprint density at radius 2 is 1.57 bits per heavy atom. The van der Waals surface area contributed by atoms with Gasteiger partial charge < -0.3 is 9.47 Å². The Morgan fingerprint density at radius 1 is 1.04 bits per heavy atom. The van der Waals surface area contributed by atoms with Crippen LogP contribution in [-0.2, 0) is 19.1 Å². The molecule has 0 heterocycles. The molecule has 1 aliphatic rings. The fourth-order valence-corrected chi connectivity index (χ4v) is 2.65. The van der Waals surface area contributed by atoms with Gasteiger partial charge in [0.1, 0.15) is 12.7 Å². The van der Waals surface area contributed by atoms with Gasteiger partial charge in [0.15, 0.2) is 0 Å². The summed E-state index contributed by atoms with van der Waals surface area (Å²) < 4.78 is 99.9. The first kappa shape index (κ1) is 24.2. The second kappa shape index (κ2) is 9.13. The molecule has 1 rings (SSSR count). The van der Waals surface area contributed by atoms with Crippen molar-refractivity contribution < 1.29 is 49.8 Å². The van der Waals surface area contributed by atoms with Crippen LogP contribution in [0.5, 0.6) is 0 Å². The van der Waals surface area contributed by atoms with Crippen molar-refractivity contribution >= 4 is 11.9 Å². The minimum Gasteiger partial charge on any atom is -0.458 e. The van der Waals surface area contributed by atoms with E-state index in [2.05, 4.69) is 11.3 Å². The van der Waals surface area contributed by atoms with E-state index in [1.807, 2.05) is 0 Å². The maximum atomic E-state index is 13.7. The first-order valence-corrected chi connectivity index (χ1v) is 8.54. The molecule has 0 bridgehead atoms. The maximum absolute atomic E-state index is 13.7. The topological polar surface area (TPSA) is 52.6 Å². The van der Waals surface area contributed by atoms with Crippen molar-refractivity contribution in [2.75, 3.05) is 6.61 Å². The van der Waals surface area contributed by atoms with Gasteiger partial charge in [0.05, 0.1) is 12.3 Å². The molecular formula is C17H21F7O4. The zero-order valence-electron chi connectivity index (χ0n) is 15.1. The maximum Gasteiger partial charge on any atom is 0.459 e. The molecule has 0 aliphatic heterocycles. The fraction of sp³-hybridized carbons (Fsp3) is 0.765. The third kappa shape index (κ3) is 6.10. The molecule has 1 aliphatic carbocycles. The van der Waals surface area contributed by atoms with Gasteiger partial charge in [-0.05, 0) is 19.8 Å². The summed E-state index contributed by atoms with van der Waals surface area (Å²) in [7, 11) is 0. The van der Waals surface area contributed by atoms with Crippen LogP contribution in [-0.4, -0.2) is 42.7 Å². The monoisotopic (exact) mass is 422 g/mol. The number of halogens is 7. The molecule has 0 N–H and O–H groups in total. The molecule has 0 aromatic rings. The molecule has 1 unspecified atom stereocenters. The second-order valence-electron chi connectivity index (χ2n) is 6.75. The Hall–Kier alpha value is -1.81. The van der Waals surface area contributed by atoms with Gasteiger partial charge >= 0.3 is 30.0 Å². The van der Waals surface area contributed by atoms with Crippen LogP contribution in [0.2, 0.25) is 0 Å². The smallest absolute Gasteiger partial charge is 0.458 e. The first-order chi connectivity index (χ1) is 12.7. The quantitative estimate of drug-likeness (QED) is 0.320. The Balaban J connectivity index is 2.94. The van der Waals surface area contributed by atoms with Gasteiger partial charge in [-0.15, -0.1) is 0 Å². The molecule has 4 nitrogen and oxygen atoms in total. The fourth-order valence-electron chi connectivity index (χ4n) is 2.65. The van der Waals surface area contributed by atoms with E-state index in [1.165, 1.54) is 6.92 Å². The Labute approximate surface area is 157 Å². The van der Waals surface area contributed by atoms with Crippen LogP contribution < -0.4 is 0 Å². The summed E-state index contributed by atoms with van der Waals surface area (Å²) in [5, 5.41) is 0. The van der Waals surface area contributed by atoms with Crippen LogP contribution in [0.15, 0.2) is 12.2 Å². The molecule has 0 radical (unpaired) electrons. The largest absolute Gasteiger partial charge is 0.459 e. The summed E-state index contributed by atoms with van der Waals surface area (Å²) in [6, 6.07) is 0. The molecular weight excluding hydrogens is 401 g/mol. The predicted molar refractivity (Wildman–Crippen MR) is 82.8 cm³/mol. The highest BCUT2D eigenvalue weighted by Gasteiger charge is 2.73. The second-order valence-corrected chi connectivity index (χ2v) is 6.75. The highest BCUT2D eigenvalue weighted by atomic mass is 19.4. The van der Waals surface area contributed by atoms with Gasteiger partial charge in [-0.3, -0.25) is 4.79 Å². The van der Waals surface area contributed by atoms with E-state index in [-0.39, 0.29) is 5.57 Å². The van der Waals surface area contributed by atoms with Crippen molar-refractivity contribution in [1.82, 2.24) is 0 Å². The number of esters is 2. The van der Waals surface area contributed by atoms with Gasteiger partial charge in [0, 0.05) is 5.57 Å². The van der Waals surface area contributed by atoms with Crippen molar-refractivity contribution in [3.05, 3.63) is 12.2 Å². The highest BCUT2D eigenvalue weighted by Crippen LogP contribution is 2.48. The van der Waals surface area contributed by atoms with Crippen molar-refractivity contribution in [1.29, 1.82) is 0 Å². The number of hydrogen-bond donors (Lipinski definition) is 0. The van der Waals surface area contributed by atoms with E-state index in [1.54, 1.807) is 0 Å². The van der Waals surface area contributed by atoms with Gasteiger partial charge in [0.25, 0.3) is 0 Å². The van der Waals surface area contributed by atoms with Crippen LogP contribution >= 0.6 is 0 Å². The average Bonchev–Trinajstić information content (AvgIpc) is 2.58. The van der Waals surface area contributed by atoms with Gasteiger partial charge in [-0.1, -0.05) is 25.8 Å². The van der Waals surface area contributed by atoms with Crippen molar-refractivity contribution in [2.24, 2.45) is 5.92 Å². The van der Waals surface area contributed by atoms with Crippen molar-refractivity contribution in [2.45, 2.75) is 69.6 Å². The average molecular weight is 422 g/mol. The van der Waals surface area contributed by atoms with E-state index in [9.17, 15) is 40.3 Å². The molecule has 1 fully saturated rings. The van der Waals surface area contributed by atoms with E-state index in [0.717, 1.165) is 6.42 Å². The Kier molecular flexibility index (Phi) is 7.90. The lowest BCUT2D eigenvalue weighted by Crippen LogP contribution is -2.54. The number of alkyl halides is 7. The standard InChI is InChI=1S/C17H21F7O4/c1-10(2)13(25)27-9-12(28-14(26)11-6-4-3-5-7-11)8-15(18,19)16(20,21)17(22,23)24/h11-12H,1,3-9H2,2H3. The van der Waals surface area contributed by atoms with E-state index in [4.69, 9.17) is 4.74 Å². The van der Waals surface area contributed by atoms with Crippen LogP contribution in [0.25, 0.3) is 0 Å². The number of ether oxygens (including phenoxy) is 2. The molecule has 0 saturated heterocycles. The van der Waals surface area contributed by atoms with E-state index in [0.29, 0.717) is 25.7 Å². The van der Waals surface area contributed by atoms with Crippen molar-refractivity contribution in [3.63, 3.8) is 0 Å². The summed E-state index contributed by atoms with van der Waals surface area (Å²) in [5.41, 5.74) is -0.162. The Morgan fingerprint density at radius 3 is 2.04 bits per heavy atom. The van der Waals surface area contributed by atoms with Crippen LogP contribution in [0, 0.1) is 5.92 Å². The molecule has 0 aromatic carbocycles. The number of carbonyl (C=O) groups is 2. The summed E-state index contributed by atoms with van der Waals surface area (Å²) in [4.78, 5) is 23.5. The molecule has 0 amide bonds. The summed E-state index contributed by atoms with van der Waals surface area (Å²) in [6.07, 6.45) is -7.92. The van der Waals surface area contributed by atoms with Gasteiger partial charge in [0.2, 0.25) is 0 Å². The first-order valence-electron chi connectivity index (χ1n) is 8.54. The number of hydrogen-bond acceptors (Lipinski definition) is 4. The van der Waals surface area contributed by atoms with Gasteiger partial charge in [-0.2, -0.15) is 30.7 Å². The zero-order chi connectivity index (χ0) is 21.8. The lowest BCUT2D eigenvalue weighted by atomic mass is 9.89. The van der Waals surface area contributed by atoms with Crippen LogP contribution in [0.1, 0.15) is 45.4 Å². The van der Waals surface area contributed by atoms with Gasteiger partial charge in [-0.25, -0.2) is 4.79 Å². The molecule has 1 saturated carbocycles. The molecule has 0 spiro atoms. The minimum atomic E-state index is -6.51. The van der Waals surface area contributed by atoms with E-state index < -0.39 is 55.0 Å². The van der Waals surface area contributed by atoms with Crippen molar-refractivity contribution in [3.8, 4) is 0 Å². The SMILES string of the molecule is C=C(C)C(=O)OCC(CC(F)(F)C(F)(F)C(F)(F)F)OC(=O)C1CCCCC1. The lowest BCUT2D eigenvalue weighted by molar-refractivity contribution is -0.358. The van der Waals surface area contributed by atoms with Crippen LogP contribution in [0.3, 0.4) is 0 Å². The lowest BCUT2D eigenvalue weighted by Gasteiger charge is -2.31. The molecule has 28 heavy (non-hydrogen) atoms. The molecule has 1 atom stereocenters. The number of rotatable bonds is 8. The summed E-state index contributed by atoms with van der Waals surface area (Å²) in [5.74, 6) is -14.7. The van der Waals surface area contributed by atoms with E-state index >= 15 is 0 Å². The summed E-state index contributed by atoms with van der Waals surface area (Å²) >= 11 is 0.